The molecule has 1 fully saturated rings. The first-order chi connectivity index (χ1) is 9.58. The number of halogens is 1. The Bertz CT molecular complexity index is 574. The Hall–Kier alpha value is -1.09. The molecule has 106 valence electrons. The van der Waals surface area contributed by atoms with Gasteiger partial charge in [-0.15, -0.1) is 0 Å². The molecular weight excluding hydrogens is 312 g/mol. The van der Waals surface area contributed by atoms with Crippen LogP contribution < -0.4 is 0 Å². The Balaban J connectivity index is 1.83. The summed E-state index contributed by atoms with van der Waals surface area (Å²) in [4.78, 5) is 0.400. The van der Waals surface area contributed by atoms with Gasteiger partial charge in [-0.1, -0.05) is 54.4 Å². The largest absolute Gasteiger partial charge is 0.241 e. The van der Waals surface area contributed by atoms with Crippen molar-refractivity contribution in [3.8, 4) is 5.69 Å². The molecule has 0 amide bonds. The molecule has 0 aliphatic heterocycles. The molecule has 1 aromatic carbocycles. The highest BCUT2D eigenvalue weighted by Crippen LogP contribution is 2.51. The number of para-hydroxylation sites is 1. The maximum absolute atomic E-state index is 4.51. The molecule has 3 rings (SSSR count). The number of rotatable bonds is 3. The molecule has 1 aliphatic carbocycles. The molecule has 0 radical (unpaired) electrons. The van der Waals surface area contributed by atoms with E-state index in [9.17, 15) is 0 Å². The minimum atomic E-state index is 0.400. The standard InChI is InChI=1S/C17H21BrN2/c1-17(2)10-6-9-15(17)16(18)13-11-19-20(12-13)14-7-4-3-5-8-14/h3-5,7-8,11-12,15-16H,6,9-10H2,1-2H3. The first-order valence-electron chi connectivity index (χ1n) is 7.32. The highest BCUT2D eigenvalue weighted by atomic mass is 79.9. The second kappa shape index (κ2) is 5.36. The summed E-state index contributed by atoms with van der Waals surface area (Å²) in [6.45, 7) is 4.78. The Morgan fingerprint density at radius 1 is 1.30 bits per heavy atom. The van der Waals surface area contributed by atoms with Crippen molar-refractivity contribution in [1.29, 1.82) is 0 Å². The van der Waals surface area contributed by atoms with E-state index < -0.39 is 0 Å². The van der Waals surface area contributed by atoms with Crippen LogP contribution in [0.4, 0.5) is 0 Å². The molecule has 1 saturated carbocycles. The molecule has 2 atom stereocenters. The molecule has 0 bridgehead atoms. The van der Waals surface area contributed by atoms with Crippen LogP contribution >= 0.6 is 15.9 Å². The number of hydrogen-bond donors (Lipinski definition) is 0. The van der Waals surface area contributed by atoms with E-state index in [1.807, 2.05) is 29.1 Å². The van der Waals surface area contributed by atoms with Gasteiger partial charge < -0.3 is 0 Å². The van der Waals surface area contributed by atoms with Gasteiger partial charge in [-0.3, -0.25) is 0 Å². The van der Waals surface area contributed by atoms with Crippen LogP contribution in [0.2, 0.25) is 0 Å². The Morgan fingerprint density at radius 2 is 2.05 bits per heavy atom. The fourth-order valence-electron chi connectivity index (χ4n) is 3.33. The molecule has 0 N–H and O–H groups in total. The zero-order valence-electron chi connectivity index (χ0n) is 12.1. The van der Waals surface area contributed by atoms with Crippen molar-refractivity contribution >= 4 is 15.9 Å². The fourth-order valence-corrected chi connectivity index (χ4v) is 4.55. The molecule has 3 heteroatoms. The summed E-state index contributed by atoms with van der Waals surface area (Å²) in [5.74, 6) is 0.691. The van der Waals surface area contributed by atoms with Gasteiger partial charge in [-0.2, -0.15) is 5.10 Å². The van der Waals surface area contributed by atoms with Crippen molar-refractivity contribution in [1.82, 2.24) is 9.78 Å². The lowest BCUT2D eigenvalue weighted by Gasteiger charge is -2.30. The number of aromatic nitrogens is 2. The fraction of sp³-hybridized carbons (Fsp3) is 0.471. The summed E-state index contributed by atoms with van der Waals surface area (Å²) in [7, 11) is 0. The summed E-state index contributed by atoms with van der Waals surface area (Å²) in [5, 5.41) is 4.51. The van der Waals surface area contributed by atoms with E-state index in [0.29, 0.717) is 16.2 Å². The van der Waals surface area contributed by atoms with Crippen LogP contribution in [0.15, 0.2) is 42.7 Å². The predicted molar refractivity (Wildman–Crippen MR) is 86.4 cm³/mol. The molecule has 0 saturated heterocycles. The van der Waals surface area contributed by atoms with Crippen LogP contribution in [0.1, 0.15) is 43.5 Å². The van der Waals surface area contributed by atoms with Gasteiger partial charge in [0.1, 0.15) is 0 Å². The zero-order chi connectivity index (χ0) is 14.2. The van der Waals surface area contributed by atoms with Crippen molar-refractivity contribution in [2.24, 2.45) is 11.3 Å². The van der Waals surface area contributed by atoms with Gasteiger partial charge >= 0.3 is 0 Å². The maximum atomic E-state index is 4.51. The molecule has 2 unspecified atom stereocenters. The SMILES string of the molecule is CC1(C)CCCC1C(Br)c1cnn(-c2ccccc2)c1. The predicted octanol–water partition coefficient (Wildman–Crippen LogP) is 5.13. The molecule has 0 spiro atoms. The highest BCUT2D eigenvalue weighted by molar-refractivity contribution is 9.09. The number of hydrogen-bond acceptors (Lipinski definition) is 1. The average molecular weight is 333 g/mol. The molecule has 2 nitrogen and oxygen atoms in total. The van der Waals surface area contributed by atoms with E-state index in [-0.39, 0.29) is 0 Å². The van der Waals surface area contributed by atoms with Crippen LogP contribution in [0, 0.1) is 11.3 Å². The third-order valence-corrected chi connectivity index (χ3v) is 5.80. The molecule has 20 heavy (non-hydrogen) atoms. The second-order valence-electron chi connectivity index (χ2n) is 6.44. The van der Waals surface area contributed by atoms with Crippen molar-refractivity contribution in [3.05, 3.63) is 48.3 Å². The summed E-state index contributed by atoms with van der Waals surface area (Å²) in [5.41, 5.74) is 2.82. The van der Waals surface area contributed by atoms with Crippen LogP contribution in [0.5, 0.6) is 0 Å². The van der Waals surface area contributed by atoms with E-state index in [4.69, 9.17) is 0 Å². The van der Waals surface area contributed by atoms with Gasteiger partial charge in [-0.25, -0.2) is 4.68 Å². The van der Waals surface area contributed by atoms with Gasteiger partial charge in [0.15, 0.2) is 0 Å². The van der Waals surface area contributed by atoms with Gasteiger partial charge in [0.2, 0.25) is 0 Å². The van der Waals surface area contributed by atoms with Crippen molar-refractivity contribution < 1.29 is 0 Å². The Kier molecular flexibility index (Phi) is 3.72. The third-order valence-electron chi connectivity index (χ3n) is 4.64. The van der Waals surface area contributed by atoms with Gasteiger partial charge in [0.25, 0.3) is 0 Å². The van der Waals surface area contributed by atoms with E-state index >= 15 is 0 Å². The summed E-state index contributed by atoms with van der Waals surface area (Å²) >= 11 is 3.92. The summed E-state index contributed by atoms with van der Waals surface area (Å²) in [6, 6.07) is 10.3. The average Bonchev–Trinajstić information content (AvgIpc) is 3.05. The van der Waals surface area contributed by atoms with E-state index in [2.05, 4.69) is 53.2 Å². The lowest BCUT2D eigenvalue weighted by molar-refractivity contribution is 0.257. The minimum absolute atomic E-state index is 0.400. The summed E-state index contributed by atoms with van der Waals surface area (Å²) < 4.78 is 1.96. The third kappa shape index (κ3) is 2.56. The molecule has 2 aromatic rings. The van der Waals surface area contributed by atoms with Crippen molar-refractivity contribution in [2.75, 3.05) is 0 Å². The van der Waals surface area contributed by atoms with Gasteiger partial charge in [0, 0.05) is 16.6 Å². The minimum Gasteiger partial charge on any atom is -0.241 e. The maximum Gasteiger partial charge on any atom is 0.0645 e. The number of alkyl halides is 1. The zero-order valence-corrected chi connectivity index (χ0v) is 13.7. The highest BCUT2D eigenvalue weighted by Gasteiger charge is 2.39. The molecular formula is C17H21BrN2. The normalized spacial score (nSPS) is 22.9. The molecule has 1 heterocycles. The number of nitrogens with zero attached hydrogens (tertiary/aromatic N) is 2. The van der Waals surface area contributed by atoms with Crippen LogP contribution in [0.25, 0.3) is 5.69 Å². The van der Waals surface area contributed by atoms with Gasteiger partial charge in [0.05, 0.1) is 11.9 Å². The first kappa shape index (κ1) is 13.9. The topological polar surface area (TPSA) is 17.8 Å². The summed E-state index contributed by atoms with van der Waals surface area (Å²) in [6.07, 6.45) is 8.13. The first-order valence-corrected chi connectivity index (χ1v) is 8.23. The van der Waals surface area contributed by atoms with Crippen molar-refractivity contribution in [3.63, 3.8) is 0 Å². The molecule has 1 aromatic heterocycles. The van der Waals surface area contributed by atoms with Gasteiger partial charge in [-0.05, 0) is 36.3 Å². The van der Waals surface area contributed by atoms with Crippen LogP contribution in [-0.4, -0.2) is 9.78 Å². The Morgan fingerprint density at radius 3 is 2.70 bits per heavy atom. The lowest BCUT2D eigenvalue weighted by atomic mass is 9.79. The van der Waals surface area contributed by atoms with E-state index in [1.54, 1.807) is 0 Å². The van der Waals surface area contributed by atoms with E-state index in [0.717, 1.165) is 5.69 Å². The lowest BCUT2D eigenvalue weighted by Crippen LogP contribution is -2.21. The van der Waals surface area contributed by atoms with Crippen LogP contribution in [-0.2, 0) is 0 Å². The molecule has 1 aliphatic rings. The quantitative estimate of drug-likeness (QED) is 0.712. The smallest absolute Gasteiger partial charge is 0.0645 e. The van der Waals surface area contributed by atoms with E-state index in [1.165, 1.54) is 24.8 Å². The number of benzene rings is 1. The second-order valence-corrected chi connectivity index (χ2v) is 7.43. The Labute approximate surface area is 129 Å². The van der Waals surface area contributed by atoms with Crippen molar-refractivity contribution in [2.45, 2.75) is 37.9 Å². The monoisotopic (exact) mass is 332 g/mol. The van der Waals surface area contributed by atoms with Crippen LogP contribution in [0.3, 0.4) is 0 Å².